The molecule has 0 aliphatic heterocycles. The van der Waals surface area contributed by atoms with Crippen molar-refractivity contribution in [3.05, 3.63) is 65.2 Å². The van der Waals surface area contributed by atoms with Crippen molar-refractivity contribution < 1.29 is 14.6 Å². The van der Waals surface area contributed by atoms with Crippen LogP contribution in [0.15, 0.2) is 48.5 Å². The first-order valence-electron chi connectivity index (χ1n) is 7.60. The van der Waals surface area contributed by atoms with Crippen LogP contribution < -0.4 is 10.6 Å². The molecule has 124 valence electrons. The lowest BCUT2D eigenvalue weighted by Gasteiger charge is -2.20. The molecule has 3 N–H and O–H groups in total. The number of ether oxygens (including phenoxy) is 1. The number of rotatable bonds is 3. The van der Waals surface area contributed by atoms with Gasteiger partial charge in [-0.1, -0.05) is 24.3 Å². The van der Waals surface area contributed by atoms with Gasteiger partial charge in [0.25, 0.3) is 0 Å². The van der Waals surface area contributed by atoms with E-state index in [9.17, 15) is 9.90 Å². The van der Waals surface area contributed by atoms with Crippen LogP contribution in [0.5, 0.6) is 0 Å². The summed E-state index contributed by atoms with van der Waals surface area (Å²) >= 11 is 5.34. The summed E-state index contributed by atoms with van der Waals surface area (Å²) in [4.78, 5) is 11.4. The molecule has 0 bridgehead atoms. The third-order valence-electron chi connectivity index (χ3n) is 4.05. The Morgan fingerprint density at radius 3 is 2.62 bits per heavy atom. The zero-order valence-electron chi connectivity index (χ0n) is 13.2. The van der Waals surface area contributed by atoms with Crippen LogP contribution in [-0.2, 0) is 11.2 Å². The molecule has 5 nitrogen and oxygen atoms in total. The number of aliphatic hydroxyl groups excluding tert-OH is 1. The molecule has 24 heavy (non-hydrogen) atoms. The summed E-state index contributed by atoms with van der Waals surface area (Å²) in [6, 6.07) is 14.5. The van der Waals surface area contributed by atoms with Gasteiger partial charge in [-0.2, -0.15) is 0 Å². The van der Waals surface area contributed by atoms with Gasteiger partial charge in [-0.3, -0.25) is 0 Å². The molecule has 0 fully saturated rings. The molecule has 0 amide bonds. The van der Waals surface area contributed by atoms with Crippen molar-refractivity contribution in [3.8, 4) is 0 Å². The predicted molar refractivity (Wildman–Crippen MR) is 96.0 cm³/mol. The number of benzene rings is 2. The maximum atomic E-state index is 11.4. The lowest BCUT2D eigenvalue weighted by atomic mass is 10.1. The normalized spacial score (nSPS) is 18.6. The first-order chi connectivity index (χ1) is 11.6. The van der Waals surface area contributed by atoms with Crippen LogP contribution in [0.2, 0.25) is 0 Å². The van der Waals surface area contributed by atoms with E-state index >= 15 is 0 Å². The van der Waals surface area contributed by atoms with E-state index in [2.05, 4.69) is 15.4 Å². The summed E-state index contributed by atoms with van der Waals surface area (Å²) in [6.45, 7) is 0. The SMILES string of the molecule is COC(=O)c1ccc(NC(=S)N[C@@H]2c3ccccc3C[C@H]2O)cc1. The van der Waals surface area contributed by atoms with Crippen molar-refractivity contribution >= 4 is 29.0 Å². The average molecular weight is 342 g/mol. The van der Waals surface area contributed by atoms with Crippen LogP contribution >= 0.6 is 12.2 Å². The summed E-state index contributed by atoms with van der Waals surface area (Å²) in [5.74, 6) is -0.382. The Labute approximate surface area is 145 Å². The second-order valence-electron chi connectivity index (χ2n) is 5.62. The van der Waals surface area contributed by atoms with Crippen molar-refractivity contribution in [3.63, 3.8) is 0 Å². The molecular weight excluding hydrogens is 324 g/mol. The molecule has 0 spiro atoms. The number of hydrogen-bond acceptors (Lipinski definition) is 4. The maximum Gasteiger partial charge on any atom is 0.337 e. The van der Waals surface area contributed by atoms with Gasteiger partial charge in [0, 0.05) is 12.1 Å². The highest BCUT2D eigenvalue weighted by Gasteiger charge is 2.31. The monoisotopic (exact) mass is 342 g/mol. The van der Waals surface area contributed by atoms with Crippen molar-refractivity contribution in [2.75, 3.05) is 12.4 Å². The summed E-state index contributed by atoms with van der Waals surface area (Å²) in [7, 11) is 1.35. The number of carbonyl (C=O) groups excluding carboxylic acids is 1. The smallest absolute Gasteiger partial charge is 0.337 e. The Morgan fingerprint density at radius 2 is 1.92 bits per heavy atom. The zero-order valence-corrected chi connectivity index (χ0v) is 14.0. The van der Waals surface area contributed by atoms with Crippen molar-refractivity contribution in [1.29, 1.82) is 0 Å². The van der Waals surface area contributed by atoms with Gasteiger partial charge in [0.1, 0.15) is 0 Å². The van der Waals surface area contributed by atoms with E-state index in [0.717, 1.165) is 16.8 Å². The fraction of sp³-hybridized carbons (Fsp3) is 0.222. The number of methoxy groups -OCH3 is 1. The van der Waals surface area contributed by atoms with Crippen LogP contribution in [0, 0.1) is 0 Å². The number of aliphatic hydroxyl groups is 1. The number of carbonyl (C=O) groups is 1. The highest BCUT2D eigenvalue weighted by molar-refractivity contribution is 7.80. The number of esters is 1. The van der Waals surface area contributed by atoms with Crippen molar-refractivity contribution in [1.82, 2.24) is 5.32 Å². The number of anilines is 1. The second kappa shape index (κ2) is 6.98. The van der Waals surface area contributed by atoms with E-state index < -0.39 is 6.10 Å². The standard InChI is InChI=1S/C18H18N2O3S/c1-23-17(22)11-6-8-13(9-7-11)19-18(24)20-16-14-5-3-2-4-12(14)10-15(16)21/h2-9,15-16,21H,10H2,1H3,(H2,19,20,24)/t15-,16-/m1/s1. The van der Waals surface area contributed by atoms with Gasteiger partial charge in [-0.15, -0.1) is 0 Å². The highest BCUT2D eigenvalue weighted by Crippen LogP contribution is 2.31. The van der Waals surface area contributed by atoms with E-state index in [-0.39, 0.29) is 12.0 Å². The summed E-state index contributed by atoms with van der Waals surface area (Å²) in [5.41, 5.74) is 3.42. The van der Waals surface area contributed by atoms with Gasteiger partial charge in [0.2, 0.25) is 0 Å². The maximum absolute atomic E-state index is 11.4. The lowest BCUT2D eigenvalue weighted by molar-refractivity contribution is 0.0600. The molecule has 0 saturated heterocycles. The van der Waals surface area contributed by atoms with Crippen molar-refractivity contribution in [2.24, 2.45) is 0 Å². The summed E-state index contributed by atoms with van der Waals surface area (Å²) in [6.07, 6.45) is 0.105. The van der Waals surface area contributed by atoms with Crippen LogP contribution in [0.4, 0.5) is 5.69 Å². The van der Waals surface area contributed by atoms with Crippen LogP contribution in [-0.4, -0.2) is 29.4 Å². The predicted octanol–water partition coefficient (Wildman–Crippen LogP) is 2.42. The quantitative estimate of drug-likeness (QED) is 0.588. The second-order valence-corrected chi connectivity index (χ2v) is 6.02. The molecule has 0 aromatic heterocycles. The topological polar surface area (TPSA) is 70.6 Å². The minimum Gasteiger partial charge on any atom is -0.465 e. The van der Waals surface area contributed by atoms with Gasteiger partial charge >= 0.3 is 5.97 Å². The lowest BCUT2D eigenvalue weighted by Crippen LogP contribution is -2.36. The van der Waals surface area contributed by atoms with E-state index in [0.29, 0.717) is 17.1 Å². The largest absolute Gasteiger partial charge is 0.465 e. The first kappa shape index (κ1) is 16.4. The fourth-order valence-electron chi connectivity index (χ4n) is 2.86. The Kier molecular flexibility index (Phi) is 4.78. The van der Waals surface area contributed by atoms with Gasteiger partial charge in [0.15, 0.2) is 5.11 Å². The molecule has 0 heterocycles. The minimum absolute atomic E-state index is 0.226. The molecule has 6 heteroatoms. The van der Waals surface area contributed by atoms with E-state index in [1.54, 1.807) is 24.3 Å². The number of thiocarbonyl (C=S) groups is 1. The minimum atomic E-state index is -0.510. The third-order valence-corrected chi connectivity index (χ3v) is 4.27. The Bertz CT molecular complexity index is 761. The number of hydrogen-bond donors (Lipinski definition) is 3. The van der Waals surface area contributed by atoms with E-state index in [1.807, 2.05) is 24.3 Å². The molecule has 1 aliphatic rings. The van der Waals surface area contributed by atoms with Crippen LogP contribution in [0.3, 0.4) is 0 Å². The van der Waals surface area contributed by atoms with Gasteiger partial charge < -0.3 is 20.5 Å². The Morgan fingerprint density at radius 1 is 1.21 bits per heavy atom. The van der Waals surface area contributed by atoms with Crippen LogP contribution in [0.1, 0.15) is 27.5 Å². The molecule has 2 aromatic carbocycles. The molecule has 2 atom stereocenters. The highest BCUT2D eigenvalue weighted by atomic mass is 32.1. The van der Waals surface area contributed by atoms with Gasteiger partial charge in [-0.05, 0) is 47.6 Å². The Hall–Kier alpha value is -2.44. The molecule has 3 rings (SSSR count). The summed E-state index contributed by atoms with van der Waals surface area (Å²) in [5, 5.41) is 16.9. The summed E-state index contributed by atoms with van der Waals surface area (Å²) < 4.78 is 4.67. The van der Waals surface area contributed by atoms with Gasteiger partial charge in [0.05, 0.1) is 24.8 Å². The molecule has 0 radical (unpaired) electrons. The van der Waals surface area contributed by atoms with Gasteiger partial charge in [-0.25, -0.2) is 4.79 Å². The third kappa shape index (κ3) is 3.39. The Balaban J connectivity index is 1.65. The van der Waals surface area contributed by atoms with E-state index in [4.69, 9.17) is 12.2 Å². The number of nitrogens with one attached hydrogen (secondary N) is 2. The molecule has 0 saturated carbocycles. The molecule has 2 aromatic rings. The number of fused-ring (bicyclic) bond motifs is 1. The first-order valence-corrected chi connectivity index (χ1v) is 8.01. The van der Waals surface area contributed by atoms with Crippen molar-refractivity contribution in [2.45, 2.75) is 18.6 Å². The van der Waals surface area contributed by atoms with E-state index in [1.165, 1.54) is 7.11 Å². The zero-order chi connectivity index (χ0) is 17.1. The molecule has 0 unspecified atom stereocenters. The average Bonchev–Trinajstić information content (AvgIpc) is 2.90. The van der Waals surface area contributed by atoms with Crippen LogP contribution in [0.25, 0.3) is 0 Å². The molecule has 1 aliphatic carbocycles. The fourth-order valence-corrected chi connectivity index (χ4v) is 3.11. The molecular formula is C18H18N2O3S.